The molecule has 8 heteroatoms. The number of hydrogen-bond acceptors (Lipinski definition) is 6. The highest BCUT2D eigenvalue weighted by molar-refractivity contribution is 7.99. The van der Waals surface area contributed by atoms with Crippen molar-refractivity contribution >= 4 is 17.6 Å². The molecule has 21 heavy (non-hydrogen) atoms. The van der Waals surface area contributed by atoms with Gasteiger partial charge in [0.2, 0.25) is 0 Å². The fourth-order valence-corrected chi connectivity index (χ4v) is 2.77. The highest BCUT2D eigenvalue weighted by Gasteiger charge is 2.12. The van der Waals surface area contributed by atoms with E-state index in [9.17, 15) is 4.79 Å². The van der Waals surface area contributed by atoms with Crippen molar-refractivity contribution in [2.24, 2.45) is 0 Å². The molecule has 0 amide bonds. The lowest BCUT2D eigenvalue weighted by atomic mass is 10.3. The maximum atomic E-state index is 11.7. The molecule has 0 bridgehead atoms. The molecule has 0 saturated carbocycles. The van der Waals surface area contributed by atoms with Crippen LogP contribution in [0.4, 0.5) is 5.82 Å². The molecule has 0 spiro atoms. The Balaban J connectivity index is 2.30. The Hall–Kier alpha value is -1.83. The molecule has 2 aromatic heterocycles. The van der Waals surface area contributed by atoms with E-state index in [-0.39, 0.29) is 5.69 Å². The Kier molecular flexibility index (Phi) is 5.38. The van der Waals surface area contributed by atoms with Gasteiger partial charge in [-0.15, -0.1) is 5.10 Å². The summed E-state index contributed by atoms with van der Waals surface area (Å²) >= 11 is 1.37. The van der Waals surface area contributed by atoms with E-state index in [0.29, 0.717) is 11.7 Å². The van der Waals surface area contributed by atoms with E-state index in [1.165, 1.54) is 11.8 Å². The van der Waals surface area contributed by atoms with Gasteiger partial charge in [0.05, 0.1) is 0 Å². The third kappa shape index (κ3) is 3.84. The second-order valence-corrected chi connectivity index (χ2v) is 5.56. The van der Waals surface area contributed by atoms with Crippen LogP contribution in [-0.2, 0) is 13.0 Å². The second-order valence-electron chi connectivity index (χ2n) is 4.57. The normalized spacial score (nSPS) is 10.8. The molecule has 2 heterocycles. The van der Waals surface area contributed by atoms with Gasteiger partial charge in [-0.3, -0.25) is 4.57 Å². The molecule has 0 atom stereocenters. The predicted molar refractivity (Wildman–Crippen MR) is 82.8 cm³/mol. The Labute approximate surface area is 127 Å². The van der Waals surface area contributed by atoms with E-state index in [2.05, 4.69) is 32.4 Å². The van der Waals surface area contributed by atoms with Gasteiger partial charge in [0.25, 0.3) is 0 Å². The molecule has 0 aliphatic rings. The highest BCUT2D eigenvalue weighted by Crippen LogP contribution is 2.25. The number of aryl methyl sites for hydroxylation is 1. The monoisotopic (exact) mass is 308 g/mol. The zero-order chi connectivity index (χ0) is 15.2. The van der Waals surface area contributed by atoms with Crippen molar-refractivity contribution < 1.29 is 0 Å². The zero-order valence-electron chi connectivity index (χ0n) is 12.5. The van der Waals surface area contributed by atoms with Gasteiger partial charge in [-0.1, -0.05) is 13.8 Å². The van der Waals surface area contributed by atoms with Crippen molar-refractivity contribution in [2.75, 3.05) is 12.4 Å². The lowest BCUT2D eigenvalue weighted by Crippen LogP contribution is -2.17. The predicted octanol–water partition coefficient (Wildman–Crippen LogP) is 1.92. The van der Waals surface area contributed by atoms with Crippen LogP contribution in [0.1, 0.15) is 32.5 Å². The average molecular weight is 308 g/mol. The summed E-state index contributed by atoms with van der Waals surface area (Å²) in [5, 5.41) is 11.0. The summed E-state index contributed by atoms with van der Waals surface area (Å²) < 4.78 is 1.63. The van der Waals surface area contributed by atoms with E-state index >= 15 is 0 Å². The minimum Gasteiger partial charge on any atom is -0.373 e. The van der Waals surface area contributed by atoms with E-state index in [4.69, 9.17) is 0 Å². The first-order valence-electron chi connectivity index (χ1n) is 7.06. The molecule has 0 unspecified atom stereocenters. The number of aromatic amines is 1. The lowest BCUT2D eigenvalue weighted by Gasteiger charge is -2.07. The van der Waals surface area contributed by atoms with Crippen LogP contribution < -0.4 is 11.0 Å². The maximum Gasteiger partial charge on any atom is 0.343 e. The maximum absolute atomic E-state index is 11.7. The van der Waals surface area contributed by atoms with Crippen LogP contribution >= 0.6 is 11.8 Å². The molecule has 2 aromatic rings. The Morgan fingerprint density at radius 2 is 2.14 bits per heavy atom. The fraction of sp³-hybridized carbons (Fsp3) is 0.538. The Morgan fingerprint density at radius 3 is 2.81 bits per heavy atom. The van der Waals surface area contributed by atoms with Gasteiger partial charge in [-0.25, -0.2) is 19.9 Å². The van der Waals surface area contributed by atoms with Crippen molar-refractivity contribution in [1.82, 2.24) is 24.7 Å². The number of rotatable bonds is 7. The van der Waals surface area contributed by atoms with Gasteiger partial charge in [0, 0.05) is 26.1 Å². The number of anilines is 1. The standard InChI is InChI=1S/C13H20N6OS/c1-4-6-9-15-10(14-3)8-11(16-9)21-13-18-17-12(20)19(13)7-5-2/h8H,4-7H2,1-3H3,(H,17,20)(H,14,15,16). The number of H-pyrrole nitrogens is 1. The van der Waals surface area contributed by atoms with Crippen molar-refractivity contribution in [3.05, 3.63) is 22.4 Å². The van der Waals surface area contributed by atoms with E-state index in [1.807, 2.05) is 20.0 Å². The largest absolute Gasteiger partial charge is 0.373 e. The molecule has 0 saturated heterocycles. The van der Waals surface area contributed by atoms with Crippen molar-refractivity contribution in [3.63, 3.8) is 0 Å². The van der Waals surface area contributed by atoms with Crippen LogP contribution in [0.25, 0.3) is 0 Å². The molecule has 0 aliphatic carbocycles. The molecular formula is C13H20N6OS. The summed E-state index contributed by atoms with van der Waals surface area (Å²) in [7, 11) is 1.83. The van der Waals surface area contributed by atoms with E-state index < -0.39 is 0 Å². The van der Waals surface area contributed by atoms with Crippen LogP contribution in [0.5, 0.6) is 0 Å². The minimum absolute atomic E-state index is 0.184. The third-order valence-electron chi connectivity index (χ3n) is 2.85. The smallest absolute Gasteiger partial charge is 0.343 e. The lowest BCUT2D eigenvalue weighted by molar-refractivity contribution is 0.603. The van der Waals surface area contributed by atoms with Crippen molar-refractivity contribution in [1.29, 1.82) is 0 Å². The van der Waals surface area contributed by atoms with Gasteiger partial charge in [0.1, 0.15) is 16.7 Å². The van der Waals surface area contributed by atoms with Crippen molar-refractivity contribution in [3.8, 4) is 0 Å². The van der Waals surface area contributed by atoms with Crippen LogP contribution in [0.15, 0.2) is 21.0 Å². The average Bonchev–Trinajstić information content (AvgIpc) is 2.81. The van der Waals surface area contributed by atoms with Gasteiger partial charge in [0.15, 0.2) is 5.16 Å². The highest BCUT2D eigenvalue weighted by atomic mass is 32.2. The van der Waals surface area contributed by atoms with E-state index in [0.717, 1.165) is 35.9 Å². The topological polar surface area (TPSA) is 88.5 Å². The number of hydrogen-bond donors (Lipinski definition) is 2. The molecule has 0 radical (unpaired) electrons. The van der Waals surface area contributed by atoms with Crippen molar-refractivity contribution in [2.45, 2.75) is 49.8 Å². The molecule has 0 aliphatic heterocycles. The summed E-state index contributed by atoms with van der Waals surface area (Å²) in [5.41, 5.74) is -0.184. The minimum atomic E-state index is -0.184. The summed E-state index contributed by atoms with van der Waals surface area (Å²) in [6.07, 6.45) is 2.69. The van der Waals surface area contributed by atoms with Crippen LogP contribution in [0.2, 0.25) is 0 Å². The first-order valence-corrected chi connectivity index (χ1v) is 7.88. The van der Waals surface area contributed by atoms with Gasteiger partial charge in [-0.2, -0.15) is 0 Å². The fourth-order valence-electron chi connectivity index (χ4n) is 1.88. The first kappa shape index (κ1) is 15.6. The van der Waals surface area contributed by atoms with Crippen LogP contribution in [-0.4, -0.2) is 31.8 Å². The van der Waals surface area contributed by atoms with Crippen LogP contribution in [0, 0.1) is 0 Å². The van der Waals surface area contributed by atoms with Gasteiger partial charge >= 0.3 is 5.69 Å². The molecule has 0 aromatic carbocycles. The quantitative estimate of drug-likeness (QED) is 0.760. The summed E-state index contributed by atoms with van der Waals surface area (Å²) in [6, 6.07) is 1.86. The number of nitrogens with one attached hydrogen (secondary N) is 2. The molecule has 0 fully saturated rings. The van der Waals surface area contributed by atoms with Gasteiger partial charge in [-0.05, 0) is 24.6 Å². The summed E-state index contributed by atoms with van der Waals surface area (Å²) in [4.78, 5) is 20.6. The SMILES string of the molecule is CCCc1nc(NC)cc(Sc2n[nH]c(=O)n2CCC)n1. The molecule has 114 valence electrons. The Bertz CT molecular complexity index is 650. The molecule has 2 rings (SSSR count). The van der Waals surface area contributed by atoms with E-state index in [1.54, 1.807) is 4.57 Å². The Morgan fingerprint density at radius 1 is 1.33 bits per heavy atom. The third-order valence-corrected chi connectivity index (χ3v) is 3.76. The number of aromatic nitrogens is 5. The molecule has 7 nitrogen and oxygen atoms in total. The summed E-state index contributed by atoms with van der Waals surface area (Å²) in [5.74, 6) is 1.57. The molecular weight excluding hydrogens is 288 g/mol. The second kappa shape index (κ2) is 7.26. The summed E-state index contributed by atoms with van der Waals surface area (Å²) in [6.45, 7) is 4.76. The first-order chi connectivity index (χ1) is 10.2. The van der Waals surface area contributed by atoms with Gasteiger partial charge < -0.3 is 5.32 Å². The van der Waals surface area contributed by atoms with Crippen LogP contribution in [0.3, 0.4) is 0 Å². The zero-order valence-corrected chi connectivity index (χ0v) is 13.3. The molecule has 2 N–H and O–H groups in total. The number of nitrogens with zero attached hydrogens (tertiary/aromatic N) is 4.